The number of hydrogen-bond acceptors (Lipinski definition) is 2. The van der Waals surface area contributed by atoms with E-state index in [1.807, 2.05) is 44.2 Å². The number of aliphatic hydroxyl groups excluding tert-OH is 1. The van der Waals surface area contributed by atoms with Crippen LogP contribution < -0.4 is 0 Å². The Bertz CT molecular complexity index is 348. The lowest BCUT2D eigenvalue weighted by Gasteiger charge is -2.26. The van der Waals surface area contributed by atoms with Crippen LogP contribution >= 0.6 is 0 Å². The number of carbonyl (C=O) groups excluding carboxylic acids is 1. The number of rotatable bonds is 5. The summed E-state index contributed by atoms with van der Waals surface area (Å²) in [4.78, 5) is 13.9. The maximum Gasteiger partial charge on any atom is 0.230 e. The Morgan fingerprint density at radius 3 is 2.35 bits per heavy atom. The second kappa shape index (κ2) is 6.40. The van der Waals surface area contributed by atoms with Crippen molar-refractivity contribution in [2.75, 3.05) is 20.2 Å². The van der Waals surface area contributed by atoms with E-state index in [1.54, 1.807) is 11.9 Å². The van der Waals surface area contributed by atoms with E-state index in [-0.39, 0.29) is 24.3 Å². The van der Waals surface area contributed by atoms with Gasteiger partial charge in [0.05, 0.1) is 12.5 Å². The van der Waals surface area contributed by atoms with E-state index in [0.717, 1.165) is 5.56 Å². The lowest BCUT2D eigenvalue weighted by Crippen LogP contribution is -2.35. The summed E-state index contributed by atoms with van der Waals surface area (Å²) < 4.78 is 0. The topological polar surface area (TPSA) is 40.5 Å². The molecule has 0 unspecified atom stereocenters. The smallest absolute Gasteiger partial charge is 0.230 e. The average molecular weight is 235 g/mol. The minimum atomic E-state index is -0.132. The number of hydrogen-bond donors (Lipinski definition) is 1. The molecule has 1 atom stereocenters. The summed E-state index contributed by atoms with van der Waals surface area (Å²) in [7, 11) is 1.73. The highest BCUT2D eigenvalue weighted by Gasteiger charge is 2.26. The van der Waals surface area contributed by atoms with Crippen LogP contribution in [0.5, 0.6) is 0 Å². The van der Waals surface area contributed by atoms with Gasteiger partial charge in [-0.15, -0.1) is 0 Å². The number of benzene rings is 1. The van der Waals surface area contributed by atoms with Crippen LogP contribution in [0.25, 0.3) is 0 Å². The molecule has 1 rings (SSSR count). The highest BCUT2D eigenvalue weighted by Crippen LogP contribution is 2.26. The fraction of sp³-hybridized carbons (Fsp3) is 0.500. The lowest BCUT2D eigenvalue weighted by atomic mass is 9.87. The van der Waals surface area contributed by atoms with Gasteiger partial charge in [0.1, 0.15) is 0 Å². The quantitative estimate of drug-likeness (QED) is 0.846. The maximum atomic E-state index is 12.3. The molecule has 0 heterocycles. The summed E-state index contributed by atoms with van der Waals surface area (Å²) in [5.41, 5.74) is 1.04. The Morgan fingerprint density at radius 2 is 1.88 bits per heavy atom. The predicted molar refractivity (Wildman–Crippen MR) is 68.7 cm³/mol. The van der Waals surface area contributed by atoms with Gasteiger partial charge in [-0.1, -0.05) is 44.2 Å². The Morgan fingerprint density at radius 1 is 1.29 bits per heavy atom. The third-order valence-electron chi connectivity index (χ3n) is 2.90. The van der Waals surface area contributed by atoms with E-state index in [9.17, 15) is 4.79 Å². The van der Waals surface area contributed by atoms with E-state index in [1.165, 1.54) is 0 Å². The van der Waals surface area contributed by atoms with Crippen LogP contribution in [0.4, 0.5) is 0 Å². The standard InChI is InChI=1S/C14H21NO2/c1-11(2)13(12-7-5-4-6-8-12)14(17)15(3)9-10-16/h4-8,11,13,16H,9-10H2,1-3H3/t13-/m1/s1. The molecule has 3 nitrogen and oxygen atoms in total. The van der Waals surface area contributed by atoms with Crippen molar-refractivity contribution < 1.29 is 9.90 Å². The molecular formula is C14H21NO2. The second-order valence-corrected chi connectivity index (χ2v) is 4.62. The minimum absolute atomic E-state index is 0.00183. The summed E-state index contributed by atoms with van der Waals surface area (Å²) in [6, 6.07) is 9.81. The molecule has 94 valence electrons. The monoisotopic (exact) mass is 235 g/mol. The molecule has 0 aliphatic carbocycles. The largest absolute Gasteiger partial charge is 0.395 e. The Balaban J connectivity index is 2.91. The first-order valence-electron chi connectivity index (χ1n) is 5.98. The molecule has 1 aromatic carbocycles. The van der Waals surface area contributed by atoms with E-state index in [4.69, 9.17) is 5.11 Å². The summed E-state index contributed by atoms with van der Waals surface area (Å²) >= 11 is 0. The fourth-order valence-corrected chi connectivity index (χ4v) is 1.97. The molecule has 1 N–H and O–H groups in total. The molecule has 0 saturated carbocycles. The first-order valence-corrected chi connectivity index (χ1v) is 5.98. The van der Waals surface area contributed by atoms with Crippen molar-refractivity contribution in [3.8, 4) is 0 Å². The SMILES string of the molecule is CC(C)[C@@H](C(=O)N(C)CCO)c1ccccc1. The molecule has 3 heteroatoms. The fourth-order valence-electron chi connectivity index (χ4n) is 1.97. The predicted octanol–water partition coefficient (Wildman–Crippen LogP) is 1.88. The molecule has 0 spiro atoms. The second-order valence-electron chi connectivity index (χ2n) is 4.62. The summed E-state index contributed by atoms with van der Waals surface area (Å²) in [6.07, 6.45) is 0. The number of aliphatic hydroxyl groups is 1. The Kier molecular flexibility index (Phi) is 5.16. The van der Waals surface area contributed by atoms with E-state index in [0.29, 0.717) is 6.54 Å². The first-order chi connectivity index (χ1) is 8.07. The third kappa shape index (κ3) is 3.56. The van der Waals surface area contributed by atoms with Crippen LogP contribution in [0.3, 0.4) is 0 Å². The average Bonchev–Trinajstić information content (AvgIpc) is 2.30. The Labute approximate surface area is 103 Å². The van der Waals surface area contributed by atoms with Crippen molar-refractivity contribution >= 4 is 5.91 Å². The summed E-state index contributed by atoms with van der Waals surface area (Å²) in [5, 5.41) is 8.88. The number of carbonyl (C=O) groups is 1. The first kappa shape index (κ1) is 13.7. The van der Waals surface area contributed by atoms with Crippen LogP contribution in [-0.4, -0.2) is 36.1 Å². The molecule has 0 aliphatic rings. The molecule has 17 heavy (non-hydrogen) atoms. The van der Waals surface area contributed by atoms with Crippen molar-refractivity contribution in [2.45, 2.75) is 19.8 Å². The highest BCUT2D eigenvalue weighted by atomic mass is 16.3. The molecule has 0 aliphatic heterocycles. The molecule has 1 amide bonds. The third-order valence-corrected chi connectivity index (χ3v) is 2.90. The van der Waals surface area contributed by atoms with Gasteiger partial charge in [0.25, 0.3) is 0 Å². The van der Waals surface area contributed by atoms with Gasteiger partial charge in [-0.3, -0.25) is 4.79 Å². The number of likely N-dealkylation sites (N-methyl/N-ethyl adjacent to an activating group) is 1. The van der Waals surface area contributed by atoms with Gasteiger partial charge in [0.15, 0.2) is 0 Å². The molecule has 1 aromatic rings. The zero-order valence-electron chi connectivity index (χ0n) is 10.8. The van der Waals surface area contributed by atoms with Crippen molar-refractivity contribution in [1.82, 2.24) is 4.90 Å². The van der Waals surface area contributed by atoms with Gasteiger partial charge in [-0.05, 0) is 11.5 Å². The van der Waals surface area contributed by atoms with Crippen LogP contribution in [0.15, 0.2) is 30.3 Å². The maximum absolute atomic E-state index is 12.3. The van der Waals surface area contributed by atoms with Crippen LogP contribution in [0.1, 0.15) is 25.3 Å². The van der Waals surface area contributed by atoms with Crippen LogP contribution in [0.2, 0.25) is 0 Å². The summed E-state index contributed by atoms with van der Waals surface area (Å²) in [5.74, 6) is 0.180. The molecule has 0 aromatic heterocycles. The molecular weight excluding hydrogens is 214 g/mol. The van der Waals surface area contributed by atoms with Gasteiger partial charge < -0.3 is 10.0 Å². The van der Waals surface area contributed by atoms with Crippen molar-refractivity contribution in [3.63, 3.8) is 0 Å². The minimum Gasteiger partial charge on any atom is -0.395 e. The molecule has 0 fully saturated rings. The number of amides is 1. The van der Waals surface area contributed by atoms with Gasteiger partial charge in [-0.25, -0.2) is 0 Å². The van der Waals surface area contributed by atoms with E-state index < -0.39 is 0 Å². The zero-order valence-corrected chi connectivity index (χ0v) is 10.8. The van der Waals surface area contributed by atoms with Crippen LogP contribution in [-0.2, 0) is 4.79 Å². The van der Waals surface area contributed by atoms with Gasteiger partial charge in [0.2, 0.25) is 5.91 Å². The Hall–Kier alpha value is -1.35. The van der Waals surface area contributed by atoms with E-state index >= 15 is 0 Å². The number of nitrogens with zero attached hydrogens (tertiary/aromatic N) is 1. The molecule has 0 radical (unpaired) electrons. The van der Waals surface area contributed by atoms with Crippen molar-refractivity contribution in [2.24, 2.45) is 5.92 Å². The van der Waals surface area contributed by atoms with Crippen LogP contribution in [0, 0.1) is 5.92 Å². The molecule has 0 bridgehead atoms. The van der Waals surface area contributed by atoms with Crippen molar-refractivity contribution in [3.05, 3.63) is 35.9 Å². The lowest BCUT2D eigenvalue weighted by molar-refractivity contribution is -0.133. The van der Waals surface area contributed by atoms with Gasteiger partial charge in [-0.2, -0.15) is 0 Å². The summed E-state index contributed by atoms with van der Waals surface area (Å²) in [6.45, 7) is 4.47. The van der Waals surface area contributed by atoms with Gasteiger partial charge >= 0.3 is 0 Å². The zero-order chi connectivity index (χ0) is 12.8. The van der Waals surface area contributed by atoms with E-state index in [2.05, 4.69) is 0 Å². The van der Waals surface area contributed by atoms with Crippen molar-refractivity contribution in [1.29, 1.82) is 0 Å². The molecule has 0 saturated heterocycles. The van der Waals surface area contributed by atoms with Gasteiger partial charge in [0, 0.05) is 13.6 Å². The normalized spacial score (nSPS) is 12.5. The highest BCUT2D eigenvalue weighted by molar-refractivity contribution is 5.83.